The molecule has 8 heteroatoms. The highest BCUT2D eigenvalue weighted by molar-refractivity contribution is 5.92. The lowest BCUT2D eigenvalue weighted by Crippen LogP contribution is -2.39. The standard InChI is InChI=1S/C23H28N4O4/c1-23(2,31-4)14-24-21(28)18-12-26-13-19(16-7-9-17(30-3)10-8-16)27(11-15-5-6-15)22(29)20(26)25-18/h7-10,12-13,15H,5-6,11,14H2,1-4H3,(H,24,28). The summed E-state index contributed by atoms with van der Waals surface area (Å²) in [7, 11) is 3.22. The third-order valence-electron chi connectivity index (χ3n) is 5.70. The van der Waals surface area contributed by atoms with Crippen LogP contribution >= 0.6 is 0 Å². The molecule has 0 unspecified atom stereocenters. The minimum absolute atomic E-state index is 0.198. The van der Waals surface area contributed by atoms with Gasteiger partial charge in [-0.05, 0) is 56.9 Å². The van der Waals surface area contributed by atoms with Crippen molar-refractivity contribution in [1.29, 1.82) is 0 Å². The van der Waals surface area contributed by atoms with Gasteiger partial charge >= 0.3 is 0 Å². The smallest absolute Gasteiger partial charge is 0.294 e. The number of rotatable bonds is 8. The van der Waals surface area contributed by atoms with Gasteiger partial charge in [-0.2, -0.15) is 0 Å². The van der Waals surface area contributed by atoms with E-state index in [1.807, 2.05) is 44.3 Å². The number of fused-ring (bicyclic) bond motifs is 1. The first-order chi connectivity index (χ1) is 14.8. The number of aromatic nitrogens is 3. The third kappa shape index (κ3) is 4.49. The fourth-order valence-corrected chi connectivity index (χ4v) is 3.38. The molecule has 1 aromatic carbocycles. The fourth-order valence-electron chi connectivity index (χ4n) is 3.38. The first kappa shape index (κ1) is 21.1. The average molecular weight is 425 g/mol. The Kier molecular flexibility index (Phi) is 5.58. The van der Waals surface area contributed by atoms with Crippen molar-refractivity contribution >= 4 is 11.6 Å². The summed E-state index contributed by atoms with van der Waals surface area (Å²) in [6.07, 6.45) is 5.71. The molecule has 1 N–H and O–H groups in total. The maximum atomic E-state index is 13.3. The molecule has 4 rings (SSSR count). The van der Waals surface area contributed by atoms with E-state index in [-0.39, 0.29) is 22.8 Å². The van der Waals surface area contributed by atoms with Gasteiger partial charge in [-0.1, -0.05) is 0 Å². The number of benzene rings is 1. The van der Waals surface area contributed by atoms with Crippen molar-refractivity contribution in [2.75, 3.05) is 20.8 Å². The normalized spacial score (nSPS) is 14.1. The van der Waals surface area contributed by atoms with Gasteiger partial charge in [0.1, 0.15) is 11.4 Å². The minimum atomic E-state index is -0.493. The van der Waals surface area contributed by atoms with E-state index >= 15 is 0 Å². The van der Waals surface area contributed by atoms with E-state index in [1.54, 1.807) is 29.4 Å². The van der Waals surface area contributed by atoms with Crippen LogP contribution in [0.2, 0.25) is 0 Å². The van der Waals surface area contributed by atoms with Gasteiger partial charge in [0.15, 0.2) is 0 Å². The summed E-state index contributed by atoms with van der Waals surface area (Å²) in [6, 6.07) is 7.60. The van der Waals surface area contributed by atoms with Crippen molar-refractivity contribution in [3.8, 4) is 17.0 Å². The van der Waals surface area contributed by atoms with Crippen LogP contribution in [0.3, 0.4) is 0 Å². The number of nitrogens with one attached hydrogen (secondary N) is 1. The van der Waals surface area contributed by atoms with Crippen LogP contribution in [0.1, 0.15) is 37.2 Å². The molecule has 1 aliphatic rings. The van der Waals surface area contributed by atoms with Gasteiger partial charge in [0.05, 0.1) is 18.4 Å². The summed E-state index contributed by atoms with van der Waals surface area (Å²) >= 11 is 0. The lowest BCUT2D eigenvalue weighted by Gasteiger charge is -2.22. The Labute approximate surface area is 180 Å². The molecule has 1 fully saturated rings. The highest BCUT2D eigenvalue weighted by Gasteiger charge is 2.25. The van der Waals surface area contributed by atoms with Crippen LogP contribution in [0, 0.1) is 5.92 Å². The lowest BCUT2D eigenvalue weighted by atomic mass is 10.1. The second kappa shape index (κ2) is 8.19. The SMILES string of the molecule is COc1ccc(-c2cn3cc(C(=O)NCC(C)(C)OC)nc3c(=O)n2CC2CC2)cc1. The Bertz CT molecular complexity index is 1160. The van der Waals surface area contributed by atoms with Crippen molar-refractivity contribution in [2.45, 2.75) is 38.8 Å². The zero-order chi connectivity index (χ0) is 22.2. The lowest BCUT2D eigenvalue weighted by molar-refractivity contribution is 0.0228. The Morgan fingerprint density at radius 3 is 2.52 bits per heavy atom. The molecule has 1 aliphatic carbocycles. The second-order valence-corrected chi connectivity index (χ2v) is 8.61. The number of carbonyl (C=O) groups is 1. The molecule has 164 valence electrons. The predicted molar refractivity (Wildman–Crippen MR) is 118 cm³/mol. The van der Waals surface area contributed by atoms with E-state index in [0.29, 0.717) is 19.0 Å². The molecule has 1 saturated carbocycles. The molecule has 2 aromatic heterocycles. The van der Waals surface area contributed by atoms with Gasteiger partial charge in [0.2, 0.25) is 5.65 Å². The predicted octanol–water partition coefficient (Wildman–Crippen LogP) is 2.74. The summed E-state index contributed by atoms with van der Waals surface area (Å²) in [5.41, 5.74) is 1.45. The van der Waals surface area contributed by atoms with Crippen molar-refractivity contribution in [3.63, 3.8) is 0 Å². The first-order valence-electron chi connectivity index (χ1n) is 10.4. The number of methoxy groups -OCH3 is 2. The average Bonchev–Trinajstić information content (AvgIpc) is 3.49. The number of hydrogen-bond acceptors (Lipinski definition) is 5. The second-order valence-electron chi connectivity index (χ2n) is 8.61. The molecule has 0 spiro atoms. The number of amides is 1. The molecule has 3 aromatic rings. The molecule has 1 amide bonds. The number of carbonyl (C=O) groups excluding carboxylic acids is 1. The Morgan fingerprint density at radius 1 is 1.19 bits per heavy atom. The van der Waals surface area contributed by atoms with Gasteiger partial charge in [-0.25, -0.2) is 4.98 Å². The molecule has 0 atom stereocenters. The van der Waals surface area contributed by atoms with Crippen molar-refractivity contribution in [3.05, 3.63) is 52.7 Å². The molecule has 0 saturated heterocycles. The van der Waals surface area contributed by atoms with E-state index in [9.17, 15) is 9.59 Å². The molecule has 0 radical (unpaired) electrons. The summed E-state index contributed by atoms with van der Waals surface area (Å²) in [4.78, 5) is 30.3. The summed E-state index contributed by atoms with van der Waals surface area (Å²) in [5, 5.41) is 2.82. The van der Waals surface area contributed by atoms with Gasteiger partial charge in [-0.15, -0.1) is 0 Å². The van der Waals surface area contributed by atoms with Crippen LogP contribution in [0.15, 0.2) is 41.5 Å². The molecule has 2 heterocycles. The number of imidazole rings is 1. The quantitative estimate of drug-likeness (QED) is 0.601. The van der Waals surface area contributed by atoms with E-state index in [1.165, 1.54) is 0 Å². The monoisotopic (exact) mass is 424 g/mol. The van der Waals surface area contributed by atoms with E-state index < -0.39 is 5.60 Å². The molecule has 0 bridgehead atoms. The Balaban J connectivity index is 1.73. The van der Waals surface area contributed by atoms with Crippen molar-refractivity contribution < 1.29 is 14.3 Å². The zero-order valence-electron chi connectivity index (χ0n) is 18.3. The van der Waals surface area contributed by atoms with Crippen molar-refractivity contribution in [2.24, 2.45) is 5.92 Å². The zero-order valence-corrected chi connectivity index (χ0v) is 18.3. The van der Waals surface area contributed by atoms with Crippen LogP contribution in [0.25, 0.3) is 16.9 Å². The van der Waals surface area contributed by atoms with Gasteiger partial charge < -0.3 is 19.4 Å². The van der Waals surface area contributed by atoms with Gasteiger partial charge in [-0.3, -0.25) is 14.0 Å². The molecule has 31 heavy (non-hydrogen) atoms. The maximum Gasteiger partial charge on any atom is 0.294 e. The Morgan fingerprint density at radius 2 is 1.90 bits per heavy atom. The minimum Gasteiger partial charge on any atom is -0.497 e. The molecule has 8 nitrogen and oxygen atoms in total. The Hall–Kier alpha value is -3.13. The number of nitrogens with zero attached hydrogens (tertiary/aromatic N) is 3. The topological polar surface area (TPSA) is 86.9 Å². The maximum absolute atomic E-state index is 13.3. The van der Waals surface area contributed by atoms with Crippen LogP contribution in [-0.2, 0) is 11.3 Å². The van der Waals surface area contributed by atoms with E-state index in [2.05, 4.69) is 10.3 Å². The third-order valence-corrected chi connectivity index (χ3v) is 5.70. The van der Waals surface area contributed by atoms with Crippen LogP contribution in [0.5, 0.6) is 5.75 Å². The molecule has 0 aliphatic heterocycles. The van der Waals surface area contributed by atoms with Gasteiger partial charge in [0, 0.05) is 38.2 Å². The van der Waals surface area contributed by atoms with Crippen LogP contribution < -0.4 is 15.6 Å². The fraction of sp³-hybridized carbons (Fsp3) is 0.435. The largest absolute Gasteiger partial charge is 0.497 e. The molecular weight excluding hydrogens is 396 g/mol. The van der Waals surface area contributed by atoms with Gasteiger partial charge in [0.25, 0.3) is 11.5 Å². The van der Waals surface area contributed by atoms with E-state index in [0.717, 1.165) is 29.8 Å². The highest BCUT2D eigenvalue weighted by Crippen LogP contribution is 2.32. The van der Waals surface area contributed by atoms with Crippen molar-refractivity contribution in [1.82, 2.24) is 19.3 Å². The summed E-state index contributed by atoms with van der Waals surface area (Å²) in [6.45, 7) is 4.75. The summed E-state index contributed by atoms with van der Waals surface area (Å²) < 4.78 is 14.0. The number of hydrogen-bond donors (Lipinski definition) is 1. The molecular formula is C23H28N4O4. The van der Waals surface area contributed by atoms with Crippen LogP contribution in [0.4, 0.5) is 0 Å². The highest BCUT2D eigenvalue weighted by atomic mass is 16.5. The number of ether oxygens (including phenoxy) is 2. The summed E-state index contributed by atoms with van der Waals surface area (Å²) in [5.74, 6) is 0.917. The first-order valence-corrected chi connectivity index (χ1v) is 10.4. The van der Waals surface area contributed by atoms with E-state index in [4.69, 9.17) is 9.47 Å². The van der Waals surface area contributed by atoms with Crippen LogP contribution in [-0.4, -0.2) is 46.2 Å².